The van der Waals surface area contributed by atoms with Crippen LogP contribution >= 0.6 is 0 Å². The monoisotopic (exact) mass is 436 g/mol. The van der Waals surface area contributed by atoms with Crippen molar-refractivity contribution in [2.24, 2.45) is 0 Å². The lowest BCUT2D eigenvalue weighted by Gasteiger charge is -2.11. The van der Waals surface area contributed by atoms with Crippen molar-refractivity contribution in [3.05, 3.63) is 78.4 Å². The molecule has 0 fully saturated rings. The lowest BCUT2D eigenvalue weighted by Crippen LogP contribution is -2.24. The Morgan fingerprint density at radius 2 is 1.71 bits per heavy atom. The number of carbonyl (C=O) groups excluding carboxylic acids is 1. The molecule has 0 aliphatic heterocycles. The third-order valence-corrected chi connectivity index (χ3v) is 5.58. The molecule has 0 saturated heterocycles. The maximum Gasteiger partial charge on any atom is 0.255 e. The number of ether oxygens (including phenoxy) is 2. The molecule has 0 unspecified atom stereocenters. The van der Waals surface area contributed by atoms with E-state index in [9.17, 15) is 13.2 Å². The van der Waals surface area contributed by atoms with Crippen molar-refractivity contribution < 1.29 is 22.7 Å². The number of para-hydroxylation sites is 2. The fourth-order valence-electron chi connectivity index (χ4n) is 2.66. The van der Waals surface area contributed by atoms with E-state index in [1.165, 1.54) is 24.3 Å². The van der Waals surface area contributed by atoms with E-state index in [0.717, 1.165) is 0 Å². The molecular formula is C23H20N2O5S. The van der Waals surface area contributed by atoms with Crippen LogP contribution < -0.4 is 19.5 Å². The van der Waals surface area contributed by atoms with Gasteiger partial charge in [-0.25, -0.2) is 8.42 Å². The minimum absolute atomic E-state index is 0.0454. The molecule has 0 aromatic heterocycles. The van der Waals surface area contributed by atoms with Crippen LogP contribution in [-0.2, 0) is 10.0 Å². The van der Waals surface area contributed by atoms with Gasteiger partial charge in [0.05, 0.1) is 18.6 Å². The van der Waals surface area contributed by atoms with E-state index in [1.807, 2.05) is 12.1 Å². The Balaban J connectivity index is 1.70. The number of hydrogen-bond acceptors (Lipinski definition) is 5. The van der Waals surface area contributed by atoms with E-state index < -0.39 is 15.9 Å². The van der Waals surface area contributed by atoms with Gasteiger partial charge in [0.2, 0.25) is 10.0 Å². The summed E-state index contributed by atoms with van der Waals surface area (Å²) in [4.78, 5) is 12.5. The molecule has 8 heteroatoms. The van der Waals surface area contributed by atoms with Crippen molar-refractivity contribution in [3.63, 3.8) is 0 Å². The molecule has 0 spiro atoms. The summed E-state index contributed by atoms with van der Waals surface area (Å²) >= 11 is 0. The second-order valence-electron chi connectivity index (χ2n) is 6.29. The van der Waals surface area contributed by atoms with Gasteiger partial charge in [0, 0.05) is 11.3 Å². The molecule has 3 aromatic carbocycles. The van der Waals surface area contributed by atoms with Crippen molar-refractivity contribution in [1.82, 2.24) is 4.72 Å². The molecule has 0 radical (unpaired) electrons. The Labute approximate surface area is 181 Å². The van der Waals surface area contributed by atoms with Crippen molar-refractivity contribution in [2.75, 3.05) is 19.0 Å². The summed E-state index contributed by atoms with van der Waals surface area (Å²) in [6, 6.07) is 19.7. The number of hydrogen-bond donors (Lipinski definition) is 2. The number of amides is 1. The van der Waals surface area contributed by atoms with Crippen LogP contribution in [0.2, 0.25) is 0 Å². The summed E-state index contributed by atoms with van der Waals surface area (Å²) in [6.07, 6.45) is 5.09. The summed E-state index contributed by atoms with van der Waals surface area (Å²) in [5, 5.41) is 2.73. The van der Waals surface area contributed by atoms with E-state index in [2.05, 4.69) is 16.0 Å². The van der Waals surface area contributed by atoms with E-state index in [0.29, 0.717) is 22.9 Å². The summed E-state index contributed by atoms with van der Waals surface area (Å²) in [6.45, 7) is -0.137. The highest BCUT2D eigenvalue weighted by Gasteiger charge is 2.16. The molecule has 0 aliphatic rings. The molecule has 0 heterocycles. The Bertz CT molecular complexity index is 1220. The van der Waals surface area contributed by atoms with Gasteiger partial charge in [-0.3, -0.25) is 4.79 Å². The molecule has 31 heavy (non-hydrogen) atoms. The first-order valence-corrected chi connectivity index (χ1v) is 10.7. The molecule has 1 amide bonds. The number of methoxy groups -OCH3 is 1. The molecule has 0 bridgehead atoms. The summed E-state index contributed by atoms with van der Waals surface area (Å²) in [5.74, 6) is 3.49. The SMILES string of the molecule is C#CCNS(=O)(=O)c1cccc(C(=O)Nc2ccc(Oc3ccccc3OC)cc2)c1. The van der Waals surface area contributed by atoms with Gasteiger partial charge < -0.3 is 14.8 Å². The summed E-state index contributed by atoms with van der Waals surface area (Å²) in [7, 11) is -2.23. The summed E-state index contributed by atoms with van der Waals surface area (Å²) in [5.41, 5.74) is 0.717. The number of nitrogens with one attached hydrogen (secondary N) is 2. The third kappa shape index (κ3) is 5.63. The maximum absolute atomic E-state index is 12.6. The fourth-order valence-corrected chi connectivity index (χ4v) is 3.64. The Morgan fingerprint density at radius 3 is 2.39 bits per heavy atom. The standard InChI is InChI=1S/C23H20N2O5S/c1-3-15-24-31(27,28)20-8-6-7-17(16-20)23(26)25-18-11-13-19(14-12-18)30-22-10-5-4-9-21(22)29-2/h1,4-14,16,24H,15H2,2H3,(H,25,26). The number of anilines is 1. The number of benzene rings is 3. The minimum Gasteiger partial charge on any atom is -0.493 e. The molecule has 2 N–H and O–H groups in total. The molecule has 0 aliphatic carbocycles. The van der Waals surface area contributed by atoms with Crippen molar-refractivity contribution in [3.8, 4) is 29.6 Å². The average molecular weight is 436 g/mol. The first-order valence-electron chi connectivity index (χ1n) is 9.18. The van der Waals surface area contributed by atoms with Gasteiger partial charge in [-0.2, -0.15) is 4.72 Å². The highest BCUT2D eigenvalue weighted by Crippen LogP contribution is 2.31. The van der Waals surface area contributed by atoms with Crippen LogP contribution in [0.1, 0.15) is 10.4 Å². The Kier molecular flexibility index (Phi) is 6.92. The first-order chi connectivity index (χ1) is 14.9. The van der Waals surface area contributed by atoms with Gasteiger partial charge in [-0.05, 0) is 54.6 Å². The number of sulfonamides is 1. The lowest BCUT2D eigenvalue weighted by atomic mass is 10.2. The normalized spacial score (nSPS) is 10.7. The van der Waals surface area contributed by atoms with Crippen LogP contribution in [0.4, 0.5) is 5.69 Å². The van der Waals surface area contributed by atoms with Gasteiger partial charge in [-0.15, -0.1) is 6.42 Å². The van der Waals surface area contributed by atoms with E-state index in [1.54, 1.807) is 43.5 Å². The van der Waals surface area contributed by atoms with Crippen LogP contribution in [0.15, 0.2) is 77.7 Å². The Hall–Kier alpha value is -3.80. The van der Waals surface area contributed by atoms with Crippen LogP contribution in [0, 0.1) is 12.3 Å². The third-order valence-electron chi connectivity index (χ3n) is 4.18. The van der Waals surface area contributed by atoms with Gasteiger partial charge in [0.15, 0.2) is 11.5 Å². The molecular weight excluding hydrogens is 416 g/mol. The molecule has 158 valence electrons. The van der Waals surface area contributed by atoms with Crippen LogP contribution in [0.25, 0.3) is 0 Å². The molecule has 7 nitrogen and oxygen atoms in total. The zero-order chi connectivity index (χ0) is 22.3. The minimum atomic E-state index is -3.79. The van der Waals surface area contributed by atoms with Gasteiger partial charge in [-0.1, -0.05) is 24.1 Å². The lowest BCUT2D eigenvalue weighted by molar-refractivity contribution is 0.102. The first kappa shape index (κ1) is 21.9. The van der Waals surface area contributed by atoms with E-state index in [4.69, 9.17) is 15.9 Å². The molecule has 3 aromatic rings. The smallest absolute Gasteiger partial charge is 0.255 e. The van der Waals surface area contributed by atoms with Crippen LogP contribution in [0.3, 0.4) is 0 Å². The number of terminal acetylenes is 1. The van der Waals surface area contributed by atoms with Crippen molar-refractivity contribution in [1.29, 1.82) is 0 Å². The quantitative estimate of drug-likeness (QED) is 0.526. The zero-order valence-electron chi connectivity index (χ0n) is 16.7. The van der Waals surface area contributed by atoms with Crippen LogP contribution in [0.5, 0.6) is 17.2 Å². The second-order valence-corrected chi connectivity index (χ2v) is 8.05. The second kappa shape index (κ2) is 9.80. The fraction of sp³-hybridized carbons (Fsp3) is 0.0870. The van der Waals surface area contributed by atoms with Gasteiger partial charge in [0.1, 0.15) is 5.75 Å². The van der Waals surface area contributed by atoms with Crippen molar-refractivity contribution in [2.45, 2.75) is 4.90 Å². The van der Waals surface area contributed by atoms with Gasteiger partial charge >= 0.3 is 0 Å². The predicted molar refractivity (Wildman–Crippen MR) is 118 cm³/mol. The molecule has 3 rings (SSSR count). The van der Waals surface area contributed by atoms with Crippen molar-refractivity contribution >= 4 is 21.6 Å². The topological polar surface area (TPSA) is 93.7 Å². The largest absolute Gasteiger partial charge is 0.493 e. The summed E-state index contributed by atoms with van der Waals surface area (Å²) < 4.78 is 37.7. The molecule has 0 saturated carbocycles. The van der Waals surface area contributed by atoms with E-state index in [-0.39, 0.29) is 17.0 Å². The number of carbonyl (C=O) groups is 1. The highest BCUT2D eigenvalue weighted by molar-refractivity contribution is 7.89. The van der Waals surface area contributed by atoms with Gasteiger partial charge in [0.25, 0.3) is 5.91 Å². The maximum atomic E-state index is 12.6. The Morgan fingerprint density at radius 1 is 1.00 bits per heavy atom. The van der Waals surface area contributed by atoms with E-state index >= 15 is 0 Å². The number of rotatable bonds is 8. The molecule has 0 atom stereocenters. The highest BCUT2D eigenvalue weighted by atomic mass is 32.2. The average Bonchev–Trinajstić information content (AvgIpc) is 2.79. The predicted octanol–water partition coefficient (Wildman–Crippen LogP) is 3.65. The van der Waals surface area contributed by atoms with Crippen LogP contribution in [-0.4, -0.2) is 28.0 Å². The zero-order valence-corrected chi connectivity index (χ0v) is 17.5.